The Morgan fingerprint density at radius 2 is 1.87 bits per heavy atom. The van der Waals surface area contributed by atoms with Gasteiger partial charge in [0.15, 0.2) is 0 Å². The van der Waals surface area contributed by atoms with Gasteiger partial charge >= 0.3 is 5.69 Å². The van der Waals surface area contributed by atoms with Crippen LogP contribution < -0.4 is 11.0 Å². The molecule has 1 aromatic carbocycles. The number of para-hydroxylation sites is 2. The van der Waals surface area contributed by atoms with E-state index in [1.807, 2.05) is 43.0 Å². The van der Waals surface area contributed by atoms with Gasteiger partial charge in [-0.15, -0.1) is 0 Å². The standard InChI is InChI=1S/C17H24N4O2/c1-4-19-14-7-5-6-8-15(14)21(17(19)23)11-16(22)20-10-9-18-12(2)13(20)3/h5-8,12-13,18H,4,9-11H2,1-3H3. The summed E-state index contributed by atoms with van der Waals surface area (Å²) < 4.78 is 3.31. The minimum Gasteiger partial charge on any atom is -0.336 e. The van der Waals surface area contributed by atoms with E-state index >= 15 is 0 Å². The van der Waals surface area contributed by atoms with Crippen LogP contribution in [0.1, 0.15) is 20.8 Å². The van der Waals surface area contributed by atoms with Crippen molar-refractivity contribution in [3.63, 3.8) is 0 Å². The molecule has 2 heterocycles. The molecule has 2 aromatic rings. The topological polar surface area (TPSA) is 59.3 Å². The number of carbonyl (C=O) groups excluding carboxylic acids is 1. The highest BCUT2D eigenvalue weighted by molar-refractivity contribution is 5.81. The Hall–Kier alpha value is -2.08. The molecular formula is C17H24N4O2. The number of hydrogen-bond donors (Lipinski definition) is 1. The highest BCUT2D eigenvalue weighted by Gasteiger charge is 2.28. The summed E-state index contributed by atoms with van der Waals surface area (Å²) in [5.74, 6) is 0.00644. The van der Waals surface area contributed by atoms with Crippen LogP contribution in [-0.4, -0.2) is 45.1 Å². The monoisotopic (exact) mass is 316 g/mol. The molecule has 124 valence electrons. The van der Waals surface area contributed by atoms with E-state index in [1.165, 1.54) is 0 Å². The molecule has 2 unspecified atom stereocenters. The zero-order valence-corrected chi connectivity index (χ0v) is 14.0. The maximum absolute atomic E-state index is 12.7. The number of benzene rings is 1. The first-order valence-corrected chi connectivity index (χ1v) is 8.25. The molecule has 6 nitrogen and oxygen atoms in total. The number of nitrogens with one attached hydrogen (secondary N) is 1. The molecule has 0 saturated carbocycles. The third-order valence-electron chi connectivity index (χ3n) is 4.89. The lowest BCUT2D eigenvalue weighted by molar-refractivity contribution is -0.135. The van der Waals surface area contributed by atoms with Gasteiger partial charge in [0.1, 0.15) is 6.54 Å². The fourth-order valence-electron chi connectivity index (χ4n) is 3.37. The summed E-state index contributed by atoms with van der Waals surface area (Å²) in [7, 11) is 0. The fraction of sp³-hybridized carbons (Fsp3) is 0.529. The quantitative estimate of drug-likeness (QED) is 0.920. The van der Waals surface area contributed by atoms with Crippen molar-refractivity contribution in [2.24, 2.45) is 0 Å². The number of fused-ring (bicyclic) bond motifs is 1. The van der Waals surface area contributed by atoms with Crippen LogP contribution in [0.5, 0.6) is 0 Å². The normalized spacial score (nSPS) is 21.8. The molecule has 0 bridgehead atoms. The molecule has 23 heavy (non-hydrogen) atoms. The van der Waals surface area contributed by atoms with Crippen LogP contribution in [0.3, 0.4) is 0 Å². The second kappa shape index (κ2) is 6.20. The molecular weight excluding hydrogens is 292 g/mol. The maximum atomic E-state index is 12.7. The van der Waals surface area contributed by atoms with Gasteiger partial charge in [0, 0.05) is 31.7 Å². The number of aromatic nitrogens is 2. The summed E-state index contributed by atoms with van der Waals surface area (Å²) in [5, 5.41) is 3.37. The maximum Gasteiger partial charge on any atom is 0.329 e. The summed E-state index contributed by atoms with van der Waals surface area (Å²) >= 11 is 0. The predicted octanol–water partition coefficient (Wildman–Crippen LogP) is 1.03. The Morgan fingerprint density at radius 3 is 2.52 bits per heavy atom. The largest absolute Gasteiger partial charge is 0.336 e. The number of hydrogen-bond acceptors (Lipinski definition) is 3. The fourth-order valence-corrected chi connectivity index (χ4v) is 3.37. The molecule has 6 heteroatoms. The van der Waals surface area contributed by atoms with E-state index in [1.54, 1.807) is 9.13 Å². The van der Waals surface area contributed by atoms with E-state index in [9.17, 15) is 9.59 Å². The van der Waals surface area contributed by atoms with Gasteiger partial charge < -0.3 is 10.2 Å². The second-order valence-electron chi connectivity index (χ2n) is 6.17. The van der Waals surface area contributed by atoms with Gasteiger partial charge in [-0.3, -0.25) is 13.9 Å². The van der Waals surface area contributed by atoms with E-state index in [-0.39, 0.29) is 30.2 Å². The average Bonchev–Trinajstić information content (AvgIpc) is 2.82. The zero-order valence-electron chi connectivity index (χ0n) is 14.0. The van der Waals surface area contributed by atoms with Crippen molar-refractivity contribution in [2.75, 3.05) is 13.1 Å². The number of carbonyl (C=O) groups is 1. The molecule has 1 amide bonds. The molecule has 2 atom stereocenters. The van der Waals surface area contributed by atoms with Crippen LogP contribution in [0.4, 0.5) is 0 Å². The van der Waals surface area contributed by atoms with Crippen molar-refractivity contribution in [1.29, 1.82) is 0 Å². The number of rotatable bonds is 3. The Bertz CT molecular complexity index is 776. The number of aryl methyl sites for hydroxylation is 1. The first-order chi connectivity index (χ1) is 11.0. The van der Waals surface area contributed by atoms with Crippen molar-refractivity contribution in [3.8, 4) is 0 Å². The van der Waals surface area contributed by atoms with Gasteiger partial charge in [0.25, 0.3) is 0 Å². The lowest BCUT2D eigenvalue weighted by Gasteiger charge is -2.38. The SMILES string of the molecule is CCn1c(=O)n(CC(=O)N2CCNC(C)C2C)c2ccccc21. The molecule has 1 aliphatic heterocycles. The van der Waals surface area contributed by atoms with Crippen LogP contribution in [-0.2, 0) is 17.9 Å². The molecule has 0 spiro atoms. The van der Waals surface area contributed by atoms with Crippen LogP contribution in [0.25, 0.3) is 11.0 Å². The molecule has 0 radical (unpaired) electrons. The van der Waals surface area contributed by atoms with E-state index < -0.39 is 0 Å². The molecule has 0 aliphatic carbocycles. The van der Waals surface area contributed by atoms with Crippen molar-refractivity contribution in [2.45, 2.75) is 45.9 Å². The van der Waals surface area contributed by atoms with Gasteiger partial charge in [-0.25, -0.2) is 4.79 Å². The van der Waals surface area contributed by atoms with Gasteiger partial charge in [-0.1, -0.05) is 12.1 Å². The first-order valence-electron chi connectivity index (χ1n) is 8.25. The highest BCUT2D eigenvalue weighted by Crippen LogP contribution is 2.14. The highest BCUT2D eigenvalue weighted by atomic mass is 16.2. The van der Waals surface area contributed by atoms with Crippen LogP contribution in [0.15, 0.2) is 29.1 Å². The van der Waals surface area contributed by atoms with Gasteiger partial charge in [-0.05, 0) is 32.9 Å². The summed E-state index contributed by atoms with van der Waals surface area (Å²) in [6.45, 7) is 8.26. The lowest BCUT2D eigenvalue weighted by Crippen LogP contribution is -2.58. The van der Waals surface area contributed by atoms with Gasteiger partial charge in [0.2, 0.25) is 5.91 Å². The van der Waals surface area contributed by atoms with Gasteiger partial charge in [-0.2, -0.15) is 0 Å². The van der Waals surface area contributed by atoms with Crippen molar-refractivity contribution in [1.82, 2.24) is 19.4 Å². The molecule has 1 saturated heterocycles. The van der Waals surface area contributed by atoms with Crippen molar-refractivity contribution < 1.29 is 4.79 Å². The minimum absolute atomic E-state index is 0.00644. The molecule has 1 aromatic heterocycles. The second-order valence-corrected chi connectivity index (χ2v) is 6.17. The van der Waals surface area contributed by atoms with E-state index in [4.69, 9.17) is 0 Å². The van der Waals surface area contributed by atoms with Gasteiger partial charge in [0.05, 0.1) is 11.0 Å². The number of nitrogens with zero attached hydrogens (tertiary/aromatic N) is 3. The Morgan fingerprint density at radius 1 is 1.22 bits per heavy atom. The third kappa shape index (κ3) is 2.67. The lowest BCUT2D eigenvalue weighted by atomic mass is 10.1. The summed E-state index contributed by atoms with van der Waals surface area (Å²) in [6, 6.07) is 8.04. The van der Waals surface area contributed by atoms with Crippen molar-refractivity contribution in [3.05, 3.63) is 34.7 Å². The number of imidazole rings is 1. The molecule has 3 rings (SSSR count). The average molecular weight is 316 g/mol. The Kier molecular flexibility index (Phi) is 4.26. The van der Waals surface area contributed by atoms with E-state index in [0.717, 1.165) is 17.6 Å². The van der Waals surface area contributed by atoms with Crippen LogP contribution in [0, 0.1) is 0 Å². The van der Waals surface area contributed by atoms with E-state index in [2.05, 4.69) is 12.2 Å². The molecule has 1 N–H and O–H groups in total. The van der Waals surface area contributed by atoms with Crippen LogP contribution >= 0.6 is 0 Å². The summed E-state index contributed by atoms with van der Waals surface area (Å²) in [6.07, 6.45) is 0. The number of piperazine rings is 1. The molecule has 1 fully saturated rings. The smallest absolute Gasteiger partial charge is 0.329 e. The predicted molar refractivity (Wildman–Crippen MR) is 90.5 cm³/mol. The van der Waals surface area contributed by atoms with E-state index in [0.29, 0.717) is 13.1 Å². The summed E-state index contributed by atoms with van der Waals surface area (Å²) in [5.41, 5.74) is 1.59. The Labute approximate surface area is 135 Å². The van der Waals surface area contributed by atoms with Crippen molar-refractivity contribution >= 4 is 16.9 Å². The number of amides is 1. The minimum atomic E-state index is -0.113. The third-order valence-corrected chi connectivity index (χ3v) is 4.89. The van der Waals surface area contributed by atoms with Crippen LogP contribution in [0.2, 0.25) is 0 Å². The summed E-state index contributed by atoms with van der Waals surface area (Å²) in [4.78, 5) is 27.3. The first kappa shape index (κ1) is 15.8. The molecule has 1 aliphatic rings. The Balaban J connectivity index is 1.94. The zero-order chi connectivity index (χ0) is 16.6.